The van der Waals surface area contributed by atoms with Crippen LogP contribution >= 0.6 is 11.6 Å². The highest BCUT2D eigenvalue weighted by molar-refractivity contribution is 6.30. The Labute approximate surface area is 268 Å². The Morgan fingerprint density at radius 2 is 1.59 bits per heavy atom. The molecule has 0 aliphatic heterocycles. The van der Waals surface area contributed by atoms with Crippen LogP contribution in [0.5, 0.6) is 0 Å². The number of methoxy groups -OCH3 is 1. The van der Waals surface area contributed by atoms with Crippen molar-refractivity contribution in [3.8, 4) is 0 Å². The van der Waals surface area contributed by atoms with Gasteiger partial charge in [0.25, 0.3) is 0 Å². The Morgan fingerprint density at radius 1 is 0.977 bits per heavy atom. The number of hydrogen-bond acceptors (Lipinski definition) is 5. The normalized spacial score (nSPS) is 24.7. The molecule has 2 bridgehead atoms. The lowest BCUT2D eigenvalue weighted by Gasteiger charge is -2.48. The summed E-state index contributed by atoms with van der Waals surface area (Å²) in [6.45, 7) is 11.7. The molecule has 1 N–H and O–H groups in total. The topological polar surface area (TPSA) is 59.0 Å². The Morgan fingerprint density at radius 3 is 2.16 bits per heavy atom. The van der Waals surface area contributed by atoms with Gasteiger partial charge >= 0.3 is 5.97 Å². The second-order valence-corrected chi connectivity index (χ2v) is 14.8. The van der Waals surface area contributed by atoms with Crippen LogP contribution in [0.3, 0.4) is 0 Å². The first kappa shape index (κ1) is 32.7. The third-order valence-corrected chi connectivity index (χ3v) is 10.7. The fourth-order valence-electron chi connectivity index (χ4n) is 8.10. The van der Waals surface area contributed by atoms with Crippen LogP contribution in [0.2, 0.25) is 5.02 Å². The molecule has 2 saturated carbocycles. The first-order valence-corrected chi connectivity index (χ1v) is 16.3. The highest BCUT2D eigenvalue weighted by Crippen LogP contribution is 2.67. The van der Waals surface area contributed by atoms with Crippen LogP contribution in [-0.2, 0) is 20.8 Å². The van der Waals surface area contributed by atoms with Crippen LogP contribution < -0.4 is 0 Å². The first-order chi connectivity index (χ1) is 20.9. The van der Waals surface area contributed by atoms with Gasteiger partial charge in [0, 0.05) is 30.6 Å². The van der Waals surface area contributed by atoms with Crippen LogP contribution in [0.1, 0.15) is 82.7 Å². The number of aliphatic hydroxyl groups excluding tert-OH is 1. The van der Waals surface area contributed by atoms with Crippen molar-refractivity contribution in [3.63, 3.8) is 0 Å². The highest BCUT2D eigenvalue weighted by atomic mass is 35.5. The predicted molar refractivity (Wildman–Crippen MR) is 176 cm³/mol. The van der Waals surface area contributed by atoms with Gasteiger partial charge in [0.2, 0.25) is 0 Å². The average Bonchev–Trinajstić information content (AvgIpc) is 3.35. The van der Waals surface area contributed by atoms with Gasteiger partial charge in [-0.3, -0.25) is 9.69 Å². The number of esters is 1. The summed E-state index contributed by atoms with van der Waals surface area (Å²) in [5.41, 5.74) is 1.92. The summed E-state index contributed by atoms with van der Waals surface area (Å²) in [6, 6.07) is 27.0. The van der Waals surface area contributed by atoms with Crippen LogP contribution in [0.25, 0.3) is 0 Å². The van der Waals surface area contributed by atoms with E-state index in [2.05, 4.69) is 43.0 Å². The monoisotopic (exact) mass is 617 g/mol. The van der Waals surface area contributed by atoms with Crippen LogP contribution in [0, 0.1) is 22.7 Å². The zero-order valence-corrected chi connectivity index (χ0v) is 27.8. The largest absolute Gasteiger partial charge is 0.460 e. The summed E-state index contributed by atoms with van der Waals surface area (Å²) >= 11 is 6.41. The predicted octanol–water partition coefficient (Wildman–Crippen LogP) is 8.42. The number of carbonyl (C=O) groups is 1. The summed E-state index contributed by atoms with van der Waals surface area (Å²) in [5.74, 6) is -0.764. The maximum Gasteiger partial charge on any atom is 0.314 e. The Bertz CT molecular complexity index is 1390. The fourth-order valence-corrected chi connectivity index (χ4v) is 8.22. The molecule has 3 aromatic carbocycles. The van der Waals surface area contributed by atoms with E-state index in [-0.39, 0.29) is 16.9 Å². The SMILES string of the molecule is COC1CC2CCC1(CN(Cc1ccccc1)[C@H](c1ccc(Cl)cc1)[C@H](C(=O)OC(C)(C)C)[C@@H](O)c1ccccc1)C2(C)C. The molecule has 3 aromatic rings. The summed E-state index contributed by atoms with van der Waals surface area (Å²) in [6.07, 6.45) is 2.27. The molecule has 6 heteroatoms. The van der Waals surface area contributed by atoms with E-state index < -0.39 is 29.6 Å². The summed E-state index contributed by atoms with van der Waals surface area (Å²) < 4.78 is 12.3. The molecule has 2 fully saturated rings. The van der Waals surface area contributed by atoms with Crippen LogP contribution in [0.4, 0.5) is 0 Å². The molecule has 44 heavy (non-hydrogen) atoms. The van der Waals surface area contributed by atoms with Crippen molar-refractivity contribution in [2.24, 2.45) is 22.7 Å². The Kier molecular flexibility index (Phi) is 9.63. The second kappa shape index (κ2) is 13.0. The minimum atomic E-state index is -1.10. The van der Waals surface area contributed by atoms with E-state index in [4.69, 9.17) is 21.1 Å². The molecule has 2 aliphatic rings. The standard InChI is InChI=1S/C38H48ClNO4/c1-36(2,3)44-35(42)32(34(41)28-15-11-8-12-16-28)33(27-17-19-30(39)20-18-27)40(24-26-13-9-7-10-14-26)25-38-22-21-29(37(38,4)5)23-31(38)43-6/h7-20,29,31-34,41H,21-25H2,1-6H3/t29?,31?,32-,33+,34-,38?/m0/s1. The molecule has 0 amide bonds. The van der Waals surface area contributed by atoms with Crippen LogP contribution in [0.15, 0.2) is 84.9 Å². The van der Waals surface area contributed by atoms with E-state index >= 15 is 0 Å². The van der Waals surface area contributed by atoms with Gasteiger partial charge in [-0.2, -0.15) is 0 Å². The molecular formula is C38H48ClNO4. The molecule has 3 unspecified atom stereocenters. The Hall–Kier alpha value is -2.70. The van der Waals surface area contributed by atoms with Crippen molar-refractivity contribution in [1.82, 2.24) is 4.90 Å². The molecule has 5 rings (SSSR count). The average molecular weight is 618 g/mol. The molecule has 0 saturated heterocycles. The first-order valence-electron chi connectivity index (χ1n) is 15.9. The van der Waals surface area contributed by atoms with Crippen molar-refractivity contribution < 1.29 is 19.4 Å². The van der Waals surface area contributed by atoms with E-state index in [9.17, 15) is 9.90 Å². The van der Waals surface area contributed by atoms with Gasteiger partial charge in [-0.15, -0.1) is 0 Å². The van der Waals surface area contributed by atoms with Crippen molar-refractivity contribution in [2.45, 2.75) is 84.3 Å². The van der Waals surface area contributed by atoms with E-state index in [1.807, 2.05) is 88.5 Å². The number of halogens is 1. The number of carbonyl (C=O) groups excluding carboxylic acids is 1. The molecule has 0 aromatic heterocycles. The minimum absolute atomic E-state index is 0.0482. The minimum Gasteiger partial charge on any atom is -0.460 e. The van der Waals surface area contributed by atoms with Crippen molar-refractivity contribution in [3.05, 3.63) is 107 Å². The van der Waals surface area contributed by atoms with Crippen molar-refractivity contribution >= 4 is 17.6 Å². The third kappa shape index (κ3) is 6.48. The summed E-state index contributed by atoms with van der Waals surface area (Å²) in [7, 11) is 1.84. The number of aliphatic hydroxyl groups is 1. The van der Waals surface area contributed by atoms with E-state index in [0.29, 0.717) is 29.6 Å². The molecule has 2 aliphatic carbocycles. The van der Waals surface area contributed by atoms with Gasteiger partial charge in [-0.05, 0) is 80.2 Å². The summed E-state index contributed by atoms with van der Waals surface area (Å²) in [4.78, 5) is 16.8. The smallest absolute Gasteiger partial charge is 0.314 e. The van der Waals surface area contributed by atoms with Gasteiger partial charge in [0.1, 0.15) is 11.5 Å². The fraction of sp³-hybridized carbons (Fsp3) is 0.500. The number of benzene rings is 3. The van der Waals surface area contributed by atoms with Gasteiger partial charge in [0.15, 0.2) is 0 Å². The molecule has 6 atom stereocenters. The molecule has 5 nitrogen and oxygen atoms in total. The van der Waals surface area contributed by atoms with Crippen molar-refractivity contribution in [1.29, 1.82) is 0 Å². The zero-order valence-electron chi connectivity index (χ0n) is 27.0. The molecular weight excluding hydrogens is 570 g/mol. The van der Waals surface area contributed by atoms with Gasteiger partial charge in [-0.1, -0.05) is 98.2 Å². The lowest BCUT2D eigenvalue weighted by molar-refractivity contribution is -0.170. The number of rotatable bonds is 11. The number of ether oxygens (including phenoxy) is 2. The molecule has 0 heterocycles. The van der Waals surface area contributed by atoms with Crippen LogP contribution in [-0.4, -0.2) is 41.3 Å². The van der Waals surface area contributed by atoms with Gasteiger partial charge in [0.05, 0.1) is 18.2 Å². The molecule has 0 spiro atoms. The molecule has 0 radical (unpaired) electrons. The van der Waals surface area contributed by atoms with E-state index in [0.717, 1.165) is 24.0 Å². The number of nitrogens with zero attached hydrogens (tertiary/aromatic N) is 1. The quantitative estimate of drug-likeness (QED) is 0.219. The van der Waals surface area contributed by atoms with Crippen molar-refractivity contribution in [2.75, 3.05) is 13.7 Å². The van der Waals surface area contributed by atoms with E-state index in [1.165, 1.54) is 6.42 Å². The lowest BCUT2D eigenvalue weighted by Crippen LogP contribution is -2.51. The summed E-state index contributed by atoms with van der Waals surface area (Å²) in [5, 5.41) is 12.8. The maximum absolute atomic E-state index is 14.4. The van der Waals surface area contributed by atoms with Gasteiger partial charge in [-0.25, -0.2) is 0 Å². The van der Waals surface area contributed by atoms with E-state index in [1.54, 1.807) is 0 Å². The highest BCUT2D eigenvalue weighted by Gasteiger charge is 2.65. The third-order valence-electron chi connectivity index (χ3n) is 10.5. The second-order valence-electron chi connectivity index (χ2n) is 14.4. The van der Waals surface area contributed by atoms with Gasteiger partial charge < -0.3 is 14.6 Å². The number of hydrogen-bond donors (Lipinski definition) is 1. The lowest BCUT2D eigenvalue weighted by atomic mass is 9.67. The number of fused-ring (bicyclic) bond motifs is 2. The molecule has 236 valence electrons. The zero-order chi connectivity index (χ0) is 31.7. The Balaban J connectivity index is 1.70. The maximum atomic E-state index is 14.4.